The lowest BCUT2D eigenvalue weighted by Gasteiger charge is -2.12. The SMILES string of the molecule is COC(=C(C#N)C#N)C1CCCO1. The van der Waals surface area contributed by atoms with Gasteiger partial charge in [0.25, 0.3) is 0 Å². The maximum atomic E-state index is 8.62. The van der Waals surface area contributed by atoms with Crippen molar-refractivity contribution in [3.63, 3.8) is 0 Å². The van der Waals surface area contributed by atoms with Gasteiger partial charge in [-0.05, 0) is 12.8 Å². The lowest BCUT2D eigenvalue weighted by atomic mass is 10.1. The van der Waals surface area contributed by atoms with E-state index in [0.29, 0.717) is 12.4 Å². The summed E-state index contributed by atoms with van der Waals surface area (Å²) in [6, 6.07) is 3.59. The molecule has 13 heavy (non-hydrogen) atoms. The summed E-state index contributed by atoms with van der Waals surface area (Å²) in [5.74, 6) is 0.363. The van der Waals surface area contributed by atoms with Crippen molar-refractivity contribution in [1.29, 1.82) is 10.5 Å². The highest BCUT2D eigenvalue weighted by Gasteiger charge is 2.24. The fraction of sp³-hybridized carbons (Fsp3) is 0.556. The Morgan fingerprint density at radius 2 is 2.15 bits per heavy atom. The highest BCUT2D eigenvalue weighted by molar-refractivity contribution is 5.39. The van der Waals surface area contributed by atoms with E-state index in [0.717, 1.165) is 12.8 Å². The molecule has 4 heteroatoms. The van der Waals surface area contributed by atoms with E-state index in [1.165, 1.54) is 7.11 Å². The highest BCUT2D eigenvalue weighted by atomic mass is 16.5. The molecule has 0 amide bonds. The average molecular weight is 178 g/mol. The van der Waals surface area contributed by atoms with Gasteiger partial charge in [-0.25, -0.2) is 0 Å². The van der Waals surface area contributed by atoms with Crippen LogP contribution in [-0.2, 0) is 9.47 Å². The quantitative estimate of drug-likeness (QED) is 0.469. The van der Waals surface area contributed by atoms with Gasteiger partial charge in [-0.3, -0.25) is 0 Å². The van der Waals surface area contributed by atoms with Crippen LogP contribution >= 0.6 is 0 Å². The van der Waals surface area contributed by atoms with Crippen LogP contribution in [0.25, 0.3) is 0 Å². The Morgan fingerprint density at radius 1 is 1.46 bits per heavy atom. The molecule has 0 N–H and O–H groups in total. The second-order valence-corrected chi connectivity index (χ2v) is 2.67. The molecular formula is C9H10N2O2. The van der Waals surface area contributed by atoms with Crippen molar-refractivity contribution in [1.82, 2.24) is 0 Å². The van der Waals surface area contributed by atoms with E-state index in [2.05, 4.69) is 0 Å². The summed E-state index contributed by atoms with van der Waals surface area (Å²) >= 11 is 0. The molecule has 1 fully saturated rings. The van der Waals surface area contributed by atoms with E-state index in [4.69, 9.17) is 20.0 Å². The Balaban J connectivity index is 2.89. The van der Waals surface area contributed by atoms with Crippen LogP contribution < -0.4 is 0 Å². The molecule has 4 nitrogen and oxygen atoms in total. The zero-order valence-electron chi connectivity index (χ0n) is 7.41. The lowest BCUT2D eigenvalue weighted by Crippen LogP contribution is -2.12. The summed E-state index contributed by atoms with van der Waals surface area (Å²) in [5, 5.41) is 17.2. The average Bonchev–Trinajstić information content (AvgIpc) is 2.66. The van der Waals surface area contributed by atoms with Crippen LogP contribution in [0.1, 0.15) is 12.8 Å². The van der Waals surface area contributed by atoms with Crippen molar-refractivity contribution >= 4 is 0 Å². The van der Waals surface area contributed by atoms with E-state index in [1.807, 2.05) is 0 Å². The van der Waals surface area contributed by atoms with Crippen molar-refractivity contribution in [2.24, 2.45) is 0 Å². The molecule has 0 aromatic rings. The first-order valence-corrected chi connectivity index (χ1v) is 4.03. The number of methoxy groups -OCH3 is 1. The molecule has 68 valence electrons. The predicted octanol–water partition coefficient (Wildman–Crippen LogP) is 1.11. The van der Waals surface area contributed by atoms with Crippen molar-refractivity contribution in [3.8, 4) is 12.1 Å². The third-order valence-corrected chi connectivity index (χ3v) is 1.91. The third kappa shape index (κ3) is 1.99. The molecule has 0 saturated carbocycles. The van der Waals surface area contributed by atoms with Gasteiger partial charge in [-0.15, -0.1) is 0 Å². The Labute approximate surface area is 77.0 Å². The molecule has 1 heterocycles. The molecule has 1 aliphatic heterocycles. The first-order chi connectivity index (χ1) is 6.33. The van der Waals surface area contributed by atoms with E-state index < -0.39 is 0 Å². The monoisotopic (exact) mass is 178 g/mol. The molecule has 0 bridgehead atoms. The van der Waals surface area contributed by atoms with Gasteiger partial charge in [0.15, 0.2) is 11.3 Å². The normalized spacial score (nSPS) is 20.1. The second-order valence-electron chi connectivity index (χ2n) is 2.67. The van der Waals surface area contributed by atoms with Crippen LogP contribution in [0, 0.1) is 22.7 Å². The molecule has 0 aromatic carbocycles. The maximum Gasteiger partial charge on any atom is 0.169 e. The van der Waals surface area contributed by atoms with Gasteiger partial charge in [-0.2, -0.15) is 10.5 Å². The largest absolute Gasteiger partial charge is 0.496 e. The first kappa shape index (κ1) is 9.57. The summed E-state index contributed by atoms with van der Waals surface area (Å²) in [4.78, 5) is 0. The van der Waals surface area contributed by atoms with Gasteiger partial charge in [-0.1, -0.05) is 0 Å². The molecular weight excluding hydrogens is 168 g/mol. The summed E-state index contributed by atoms with van der Waals surface area (Å²) in [6.07, 6.45) is 1.55. The van der Waals surface area contributed by atoms with E-state index in [-0.39, 0.29) is 11.7 Å². The van der Waals surface area contributed by atoms with Crippen molar-refractivity contribution in [2.45, 2.75) is 18.9 Å². The molecule has 1 unspecified atom stereocenters. The van der Waals surface area contributed by atoms with Crippen molar-refractivity contribution in [2.75, 3.05) is 13.7 Å². The number of allylic oxidation sites excluding steroid dienone is 1. The van der Waals surface area contributed by atoms with Crippen molar-refractivity contribution < 1.29 is 9.47 Å². The number of ether oxygens (including phenoxy) is 2. The molecule has 0 aromatic heterocycles. The van der Waals surface area contributed by atoms with Crippen LogP contribution in [0.4, 0.5) is 0 Å². The minimum Gasteiger partial charge on any atom is -0.496 e. The predicted molar refractivity (Wildman–Crippen MR) is 44.2 cm³/mol. The van der Waals surface area contributed by atoms with Gasteiger partial charge in [0.1, 0.15) is 18.2 Å². The number of rotatable bonds is 2. The fourth-order valence-electron chi connectivity index (χ4n) is 1.31. The minimum absolute atomic E-state index is 0.00870. The summed E-state index contributed by atoms with van der Waals surface area (Å²) in [7, 11) is 1.45. The number of hydrogen-bond acceptors (Lipinski definition) is 4. The molecule has 1 rings (SSSR count). The Morgan fingerprint density at radius 3 is 2.54 bits per heavy atom. The Hall–Kier alpha value is -1.52. The maximum absolute atomic E-state index is 8.62. The van der Waals surface area contributed by atoms with Crippen LogP contribution in [0.5, 0.6) is 0 Å². The molecule has 0 radical (unpaired) electrons. The van der Waals surface area contributed by atoms with Gasteiger partial charge in [0.2, 0.25) is 0 Å². The Kier molecular flexibility index (Phi) is 3.31. The number of nitrogens with zero attached hydrogens (tertiary/aromatic N) is 2. The number of nitriles is 2. The molecule has 1 atom stereocenters. The van der Waals surface area contributed by atoms with Crippen LogP contribution in [0.15, 0.2) is 11.3 Å². The van der Waals surface area contributed by atoms with E-state index >= 15 is 0 Å². The fourth-order valence-corrected chi connectivity index (χ4v) is 1.31. The topological polar surface area (TPSA) is 66.0 Å². The number of hydrogen-bond donors (Lipinski definition) is 0. The van der Waals surface area contributed by atoms with Crippen molar-refractivity contribution in [3.05, 3.63) is 11.3 Å². The lowest BCUT2D eigenvalue weighted by molar-refractivity contribution is 0.0863. The zero-order chi connectivity index (χ0) is 9.68. The van der Waals surface area contributed by atoms with Crippen LogP contribution in [0.3, 0.4) is 0 Å². The van der Waals surface area contributed by atoms with E-state index in [9.17, 15) is 0 Å². The van der Waals surface area contributed by atoms with Crippen LogP contribution in [0.2, 0.25) is 0 Å². The van der Waals surface area contributed by atoms with Gasteiger partial charge in [0.05, 0.1) is 7.11 Å². The van der Waals surface area contributed by atoms with E-state index in [1.54, 1.807) is 12.1 Å². The summed E-state index contributed by atoms with van der Waals surface area (Å²) in [5.41, 5.74) is 0.00870. The van der Waals surface area contributed by atoms with Gasteiger partial charge < -0.3 is 9.47 Å². The highest BCUT2D eigenvalue weighted by Crippen LogP contribution is 2.22. The molecule has 0 aliphatic carbocycles. The summed E-state index contributed by atoms with van der Waals surface area (Å²) < 4.78 is 10.3. The smallest absolute Gasteiger partial charge is 0.169 e. The molecule has 1 saturated heterocycles. The first-order valence-electron chi connectivity index (χ1n) is 4.03. The van der Waals surface area contributed by atoms with Crippen LogP contribution in [-0.4, -0.2) is 19.8 Å². The zero-order valence-corrected chi connectivity index (χ0v) is 7.41. The standard InChI is InChI=1S/C9H10N2O2/c1-12-9(7(5-10)6-11)8-3-2-4-13-8/h8H,2-4H2,1H3. The molecule has 1 aliphatic rings. The third-order valence-electron chi connectivity index (χ3n) is 1.91. The Bertz CT molecular complexity index is 274. The summed E-state index contributed by atoms with van der Waals surface area (Å²) in [6.45, 7) is 0.668. The minimum atomic E-state index is -0.209. The van der Waals surface area contributed by atoms with Gasteiger partial charge >= 0.3 is 0 Å². The van der Waals surface area contributed by atoms with Gasteiger partial charge in [0, 0.05) is 6.61 Å². The second kappa shape index (κ2) is 4.49. The molecule has 0 spiro atoms.